The molecule has 1 aromatic carbocycles. The summed E-state index contributed by atoms with van der Waals surface area (Å²) in [5.74, 6) is -3.12. The molecule has 0 aromatic heterocycles. The van der Waals surface area contributed by atoms with Crippen LogP contribution < -0.4 is 10.4 Å². The first-order valence-corrected chi connectivity index (χ1v) is 7.82. The second kappa shape index (κ2) is 11.0. The van der Waals surface area contributed by atoms with Gasteiger partial charge in [-0.2, -0.15) is 5.01 Å². The zero-order valence-electron chi connectivity index (χ0n) is 13.9. The van der Waals surface area contributed by atoms with E-state index in [4.69, 9.17) is 29.4 Å². The zero-order valence-corrected chi connectivity index (χ0v) is 13.9. The van der Waals surface area contributed by atoms with Crippen LogP contribution in [0, 0.1) is 0 Å². The number of esters is 1. The summed E-state index contributed by atoms with van der Waals surface area (Å²) < 4.78 is 5.09. The molecule has 25 heavy (non-hydrogen) atoms. The number of ether oxygens (including phenoxy) is 1. The van der Waals surface area contributed by atoms with Crippen LogP contribution in [-0.4, -0.2) is 52.3 Å². The lowest BCUT2D eigenvalue weighted by Gasteiger charge is -2.33. The van der Waals surface area contributed by atoms with E-state index in [1.165, 1.54) is 0 Å². The van der Waals surface area contributed by atoms with Crippen molar-refractivity contribution in [3.63, 3.8) is 0 Å². The number of rotatable bonds is 5. The van der Waals surface area contributed by atoms with Crippen molar-refractivity contribution in [3.05, 3.63) is 30.3 Å². The first-order chi connectivity index (χ1) is 12.0. The first-order valence-electron chi connectivity index (χ1n) is 7.82. The summed E-state index contributed by atoms with van der Waals surface area (Å²) in [5, 5.41) is 16.6. The third-order valence-electron chi connectivity index (χ3n) is 3.27. The number of nitrogens with one attached hydrogen (secondary N) is 1. The van der Waals surface area contributed by atoms with Gasteiger partial charge in [0, 0.05) is 6.54 Å². The maximum atomic E-state index is 11.9. The van der Waals surface area contributed by atoms with E-state index in [9.17, 15) is 4.79 Å². The zero-order chi connectivity index (χ0) is 18.7. The molecule has 0 aliphatic carbocycles. The molecule has 9 nitrogen and oxygen atoms in total. The van der Waals surface area contributed by atoms with Gasteiger partial charge in [0.25, 0.3) is 0 Å². The van der Waals surface area contributed by atoms with Crippen LogP contribution in [0.25, 0.3) is 0 Å². The van der Waals surface area contributed by atoms with Crippen molar-refractivity contribution in [2.24, 2.45) is 0 Å². The second-order valence-electron chi connectivity index (χ2n) is 5.07. The SMILES string of the molecule is CCOC(=O)[C@@H]1CCCCN1NOc1ccccc1.O=C(O)C(=O)O. The van der Waals surface area contributed by atoms with Crippen LogP contribution in [0.5, 0.6) is 5.75 Å². The standard InChI is InChI=1S/C14H20N2O3.C2H2O4/c1-2-18-14(17)13-10-6-7-11-16(13)15-19-12-8-4-3-5-9-12;3-1(4)2(5)6/h3-5,8-9,13,15H,2,6-7,10-11H2,1H3;(H,3,4)(H,5,6)/t13-;/m0./s1. The number of benzene rings is 1. The van der Waals surface area contributed by atoms with E-state index in [1.807, 2.05) is 42.3 Å². The molecule has 0 radical (unpaired) electrons. The minimum atomic E-state index is -1.82. The van der Waals surface area contributed by atoms with Gasteiger partial charge in [0.15, 0.2) is 0 Å². The van der Waals surface area contributed by atoms with E-state index < -0.39 is 11.9 Å². The minimum absolute atomic E-state index is 0.189. The topological polar surface area (TPSA) is 125 Å². The molecule has 0 amide bonds. The van der Waals surface area contributed by atoms with Crippen molar-refractivity contribution in [2.45, 2.75) is 32.2 Å². The van der Waals surface area contributed by atoms with Gasteiger partial charge in [0.1, 0.15) is 11.8 Å². The van der Waals surface area contributed by atoms with Gasteiger partial charge in [0.2, 0.25) is 0 Å². The van der Waals surface area contributed by atoms with Crippen molar-refractivity contribution in [1.82, 2.24) is 10.6 Å². The number of aliphatic carboxylic acids is 2. The number of nitrogens with zero attached hydrogens (tertiary/aromatic N) is 1. The maximum absolute atomic E-state index is 11.9. The maximum Gasteiger partial charge on any atom is 0.414 e. The number of hydrogen-bond acceptors (Lipinski definition) is 7. The molecule has 1 saturated heterocycles. The Labute approximate surface area is 145 Å². The smallest absolute Gasteiger partial charge is 0.414 e. The van der Waals surface area contributed by atoms with Crippen LogP contribution in [0.15, 0.2) is 30.3 Å². The van der Waals surface area contributed by atoms with Gasteiger partial charge in [-0.1, -0.05) is 23.8 Å². The second-order valence-corrected chi connectivity index (χ2v) is 5.07. The van der Waals surface area contributed by atoms with Gasteiger partial charge in [-0.15, -0.1) is 0 Å². The molecular formula is C16H22N2O7. The van der Waals surface area contributed by atoms with Crippen LogP contribution in [-0.2, 0) is 19.1 Å². The van der Waals surface area contributed by atoms with E-state index >= 15 is 0 Å². The molecule has 1 aliphatic heterocycles. The number of piperidine rings is 1. The number of carboxylic acids is 2. The van der Waals surface area contributed by atoms with Gasteiger partial charge >= 0.3 is 17.9 Å². The van der Waals surface area contributed by atoms with Crippen LogP contribution in [0.4, 0.5) is 0 Å². The molecular weight excluding hydrogens is 332 g/mol. The Balaban J connectivity index is 0.000000450. The van der Waals surface area contributed by atoms with Gasteiger partial charge < -0.3 is 19.8 Å². The molecule has 138 valence electrons. The third kappa shape index (κ3) is 7.64. The Morgan fingerprint density at radius 2 is 1.80 bits per heavy atom. The highest BCUT2D eigenvalue weighted by molar-refractivity contribution is 6.27. The summed E-state index contributed by atoms with van der Waals surface area (Å²) >= 11 is 0. The van der Waals surface area contributed by atoms with E-state index in [2.05, 4.69) is 5.59 Å². The Morgan fingerprint density at radius 3 is 2.36 bits per heavy atom. The van der Waals surface area contributed by atoms with Crippen molar-refractivity contribution in [3.8, 4) is 5.75 Å². The molecule has 1 aromatic rings. The quantitative estimate of drug-likeness (QED) is 0.404. The number of hydrazine groups is 1. The lowest BCUT2D eigenvalue weighted by Crippen LogP contribution is -2.53. The normalized spacial score (nSPS) is 16.9. The molecule has 0 spiro atoms. The lowest BCUT2D eigenvalue weighted by molar-refractivity contribution is -0.159. The molecule has 1 atom stereocenters. The van der Waals surface area contributed by atoms with E-state index in [0.29, 0.717) is 6.61 Å². The average Bonchev–Trinajstić information content (AvgIpc) is 2.62. The molecule has 2 rings (SSSR count). The summed E-state index contributed by atoms with van der Waals surface area (Å²) in [7, 11) is 0. The monoisotopic (exact) mass is 354 g/mol. The highest BCUT2D eigenvalue weighted by atomic mass is 16.7. The van der Waals surface area contributed by atoms with Crippen molar-refractivity contribution < 1.29 is 34.2 Å². The van der Waals surface area contributed by atoms with Gasteiger partial charge in [-0.3, -0.25) is 4.79 Å². The van der Waals surface area contributed by atoms with Gasteiger partial charge in [-0.25, -0.2) is 9.59 Å². The highest BCUT2D eigenvalue weighted by Crippen LogP contribution is 2.17. The number of carbonyl (C=O) groups is 3. The molecule has 0 unspecified atom stereocenters. The van der Waals surface area contributed by atoms with Gasteiger partial charge in [-0.05, 0) is 38.3 Å². The van der Waals surface area contributed by atoms with Crippen LogP contribution in [0.2, 0.25) is 0 Å². The summed E-state index contributed by atoms with van der Waals surface area (Å²) in [6.07, 6.45) is 2.87. The average molecular weight is 354 g/mol. The first kappa shape index (κ1) is 20.4. The Morgan fingerprint density at radius 1 is 1.16 bits per heavy atom. The molecule has 0 saturated carbocycles. The van der Waals surface area contributed by atoms with Crippen molar-refractivity contribution >= 4 is 17.9 Å². The fraction of sp³-hybridized carbons (Fsp3) is 0.438. The number of carbonyl (C=O) groups excluding carboxylic acids is 1. The van der Waals surface area contributed by atoms with E-state index in [1.54, 1.807) is 0 Å². The molecule has 0 bridgehead atoms. The largest absolute Gasteiger partial charge is 0.473 e. The predicted octanol–water partition coefficient (Wildman–Crippen LogP) is 1.06. The molecule has 3 N–H and O–H groups in total. The number of para-hydroxylation sites is 1. The van der Waals surface area contributed by atoms with E-state index in [0.717, 1.165) is 31.6 Å². The van der Waals surface area contributed by atoms with Crippen molar-refractivity contribution in [2.75, 3.05) is 13.2 Å². The predicted molar refractivity (Wildman–Crippen MR) is 86.5 cm³/mol. The Hall–Kier alpha value is -2.65. The molecule has 1 aliphatic rings. The van der Waals surface area contributed by atoms with E-state index in [-0.39, 0.29) is 12.0 Å². The van der Waals surface area contributed by atoms with Crippen molar-refractivity contribution in [1.29, 1.82) is 0 Å². The van der Waals surface area contributed by atoms with Gasteiger partial charge in [0.05, 0.1) is 6.61 Å². The minimum Gasteiger partial charge on any atom is -0.473 e. The molecule has 9 heteroatoms. The lowest BCUT2D eigenvalue weighted by atomic mass is 10.0. The number of hydrogen-bond donors (Lipinski definition) is 3. The summed E-state index contributed by atoms with van der Waals surface area (Å²) in [6, 6.07) is 9.17. The molecule has 1 fully saturated rings. The molecule has 1 heterocycles. The summed E-state index contributed by atoms with van der Waals surface area (Å²) in [4.78, 5) is 35.5. The van der Waals surface area contributed by atoms with Crippen LogP contribution in [0.1, 0.15) is 26.2 Å². The fourth-order valence-corrected chi connectivity index (χ4v) is 2.12. The summed E-state index contributed by atoms with van der Waals surface area (Å²) in [6.45, 7) is 3.00. The Bertz CT molecular complexity index is 553. The van der Waals surface area contributed by atoms with Crippen LogP contribution in [0.3, 0.4) is 0 Å². The fourth-order valence-electron chi connectivity index (χ4n) is 2.12. The van der Waals surface area contributed by atoms with Crippen LogP contribution >= 0.6 is 0 Å². The third-order valence-corrected chi connectivity index (χ3v) is 3.27. The highest BCUT2D eigenvalue weighted by Gasteiger charge is 2.30. The number of carboxylic acid groups (broad SMARTS) is 2. The Kier molecular flexibility index (Phi) is 8.97. The summed E-state index contributed by atoms with van der Waals surface area (Å²) in [5.41, 5.74) is 2.86.